The third-order valence-corrected chi connectivity index (χ3v) is 8.96. The number of nitrogens with zero attached hydrogens (tertiary/aromatic N) is 6. The molecule has 1 aliphatic rings. The minimum absolute atomic E-state index is 0.122. The zero-order valence-corrected chi connectivity index (χ0v) is 23.8. The summed E-state index contributed by atoms with van der Waals surface area (Å²) in [5.74, 6) is 0.705. The molecule has 11 nitrogen and oxygen atoms in total. The number of aromatic amines is 1. The highest BCUT2D eigenvalue weighted by atomic mass is 32.2. The normalized spacial score (nSPS) is 15.5. The van der Waals surface area contributed by atoms with Gasteiger partial charge in [-0.15, -0.1) is 0 Å². The standard InChI is InChI=1S/C26H39N7O4S/c1-6-9-21-23-24(31(5)29-21)26(34)28-25(27-23)20-18-19(10-11-22(20)37-8-3)38(35,36)30(4)12-13-33-16-14-32(7-2)15-17-33/h10-11,18H,6-9,12-17H2,1-5H3,(H,27,28,34). The number of fused-ring (bicyclic) bond motifs is 1. The Balaban J connectivity index is 1.65. The Hall–Kier alpha value is -2.80. The molecule has 1 aromatic carbocycles. The number of ether oxygens (including phenoxy) is 1. The van der Waals surface area contributed by atoms with Crippen LogP contribution in [-0.4, -0.2) is 102 Å². The lowest BCUT2D eigenvalue weighted by molar-refractivity contribution is 0.134. The fraction of sp³-hybridized carbons (Fsp3) is 0.577. The van der Waals surface area contributed by atoms with E-state index >= 15 is 0 Å². The molecule has 0 bridgehead atoms. The van der Waals surface area contributed by atoms with Crippen molar-refractivity contribution in [2.24, 2.45) is 7.05 Å². The second-order valence-electron chi connectivity index (χ2n) is 9.63. The Morgan fingerprint density at radius 1 is 1.11 bits per heavy atom. The zero-order valence-electron chi connectivity index (χ0n) is 23.0. The van der Waals surface area contributed by atoms with Gasteiger partial charge in [0.1, 0.15) is 17.1 Å². The predicted molar refractivity (Wildman–Crippen MR) is 148 cm³/mol. The summed E-state index contributed by atoms with van der Waals surface area (Å²) in [6.07, 6.45) is 1.53. The van der Waals surface area contributed by atoms with E-state index in [1.807, 2.05) is 13.8 Å². The molecule has 0 atom stereocenters. The number of hydrogen-bond donors (Lipinski definition) is 1. The van der Waals surface area contributed by atoms with Crippen LogP contribution in [0.15, 0.2) is 27.9 Å². The van der Waals surface area contributed by atoms with Crippen LogP contribution in [0, 0.1) is 0 Å². The number of likely N-dealkylation sites (N-methyl/N-ethyl adjacent to an activating group) is 2. The molecule has 1 N–H and O–H groups in total. The summed E-state index contributed by atoms with van der Waals surface area (Å²) in [6, 6.07) is 4.71. The van der Waals surface area contributed by atoms with Crippen LogP contribution in [0.5, 0.6) is 5.75 Å². The highest BCUT2D eigenvalue weighted by Crippen LogP contribution is 2.32. The molecule has 0 unspecified atom stereocenters. The van der Waals surface area contributed by atoms with Gasteiger partial charge < -0.3 is 14.6 Å². The predicted octanol–water partition coefficient (Wildman–Crippen LogP) is 1.93. The van der Waals surface area contributed by atoms with Gasteiger partial charge in [-0.2, -0.15) is 9.40 Å². The highest BCUT2D eigenvalue weighted by Gasteiger charge is 2.25. The molecule has 1 saturated heterocycles. The Labute approximate surface area is 224 Å². The molecule has 0 radical (unpaired) electrons. The van der Waals surface area contributed by atoms with Crippen molar-refractivity contribution < 1.29 is 13.2 Å². The van der Waals surface area contributed by atoms with Crippen molar-refractivity contribution >= 4 is 21.1 Å². The van der Waals surface area contributed by atoms with Gasteiger partial charge in [0.05, 0.1) is 22.8 Å². The van der Waals surface area contributed by atoms with Crippen LogP contribution in [0.3, 0.4) is 0 Å². The van der Waals surface area contributed by atoms with E-state index in [1.165, 1.54) is 15.1 Å². The van der Waals surface area contributed by atoms with Gasteiger partial charge in [-0.1, -0.05) is 20.3 Å². The zero-order chi connectivity index (χ0) is 27.4. The van der Waals surface area contributed by atoms with Gasteiger partial charge in [0, 0.05) is 53.4 Å². The number of hydrogen-bond acceptors (Lipinski definition) is 8. The molecule has 2 aromatic heterocycles. The number of benzene rings is 1. The molecular weight excluding hydrogens is 506 g/mol. The smallest absolute Gasteiger partial charge is 0.277 e. The van der Waals surface area contributed by atoms with E-state index in [2.05, 4.69) is 26.8 Å². The van der Waals surface area contributed by atoms with Crippen molar-refractivity contribution in [3.05, 3.63) is 34.2 Å². The molecule has 1 aliphatic heterocycles. The Morgan fingerprint density at radius 2 is 1.82 bits per heavy atom. The lowest BCUT2D eigenvalue weighted by Crippen LogP contribution is -2.48. The SMILES string of the molecule is CCCc1nn(C)c2c(=O)[nH]c(-c3cc(S(=O)(=O)N(C)CCN4CCN(CC)CC4)ccc3OCC)nc12. The Morgan fingerprint density at radius 3 is 2.47 bits per heavy atom. The molecule has 1 fully saturated rings. The van der Waals surface area contributed by atoms with Crippen LogP contribution in [0.4, 0.5) is 0 Å². The molecule has 0 amide bonds. The summed E-state index contributed by atoms with van der Waals surface area (Å²) in [5, 5.41) is 4.48. The lowest BCUT2D eigenvalue weighted by atomic mass is 10.1. The van der Waals surface area contributed by atoms with E-state index in [9.17, 15) is 13.2 Å². The first kappa shape index (κ1) is 28.2. The summed E-state index contributed by atoms with van der Waals surface area (Å²) in [7, 11) is -0.456. The third kappa shape index (κ3) is 5.78. The Bertz CT molecular complexity index is 1430. The minimum Gasteiger partial charge on any atom is -0.493 e. The second kappa shape index (κ2) is 11.9. The molecule has 4 rings (SSSR count). The topological polar surface area (TPSA) is 117 Å². The van der Waals surface area contributed by atoms with Crippen LogP contribution >= 0.6 is 0 Å². The van der Waals surface area contributed by atoms with Crippen molar-refractivity contribution in [2.45, 2.75) is 38.5 Å². The number of aryl methyl sites for hydroxylation is 2. The maximum Gasteiger partial charge on any atom is 0.277 e. The molecule has 0 aliphatic carbocycles. The summed E-state index contributed by atoms with van der Waals surface area (Å²) in [5.41, 5.74) is 1.72. The third-order valence-electron chi connectivity index (χ3n) is 7.11. The van der Waals surface area contributed by atoms with Gasteiger partial charge in [0.2, 0.25) is 10.0 Å². The van der Waals surface area contributed by atoms with Gasteiger partial charge in [-0.25, -0.2) is 13.4 Å². The largest absolute Gasteiger partial charge is 0.493 e. The monoisotopic (exact) mass is 545 g/mol. The van der Waals surface area contributed by atoms with Gasteiger partial charge in [0.15, 0.2) is 5.52 Å². The number of piperazine rings is 1. The van der Waals surface area contributed by atoms with Crippen molar-refractivity contribution in [1.29, 1.82) is 0 Å². The highest BCUT2D eigenvalue weighted by molar-refractivity contribution is 7.89. The van der Waals surface area contributed by atoms with E-state index in [0.717, 1.165) is 44.8 Å². The first-order valence-electron chi connectivity index (χ1n) is 13.3. The molecule has 0 spiro atoms. The van der Waals surface area contributed by atoms with E-state index in [1.54, 1.807) is 26.2 Å². The molecule has 0 saturated carbocycles. The van der Waals surface area contributed by atoms with E-state index < -0.39 is 10.0 Å². The fourth-order valence-corrected chi connectivity index (χ4v) is 6.02. The van der Waals surface area contributed by atoms with Crippen LogP contribution in [0.25, 0.3) is 22.4 Å². The summed E-state index contributed by atoms with van der Waals surface area (Å²) < 4.78 is 35.8. The average molecular weight is 546 g/mol. The van der Waals surface area contributed by atoms with Gasteiger partial charge in [-0.3, -0.25) is 14.4 Å². The van der Waals surface area contributed by atoms with Crippen molar-refractivity contribution in [3.8, 4) is 17.1 Å². The van der Waals surface area contributed by atoms with Crippen LogP contribution < -0.4 is 10.3 Å². The van der Waals surface area contributed by atoms with E-state index in [4.69, 9.17) is 9.72 Å². The minimum atomic E-state index is -3.78. The quantitative estimate of drug-likeness (QED) is 0.389. The van der Waals surface area contributed by atoms with Gasteiger partial charge in [-0.05, 0) is 38.1 Å². The molecule has 12 heteroatoms. The summed E-state index contributed by atoms with van der Waals surface area (Å²) in [4.78, 5) is 25.4. The number of rotatable bonds is 11. The van der Waals surface area contributed by atoms with Crippen molar-refractivity contribution in [2.75, 3.05) is 59.5 Å². The van der Waals surface area contributed by atoms with Gasteiger partial charge in [0.25, 0.3) is 5.56 Å². The number of sulfonamides is 1. The van der Waals surface area contributed by atoms with E-state index in [0.29, 0.717) is 48.5 Å². The molecule has 38 heavy (non-hydrogen) atoms. The van der Waals surface area contributed by atoms with Crippen LogP contribution in [-0.2, 0) is 23.5 Å². The molecular formula is C26H39N7O4S. The van der Waals surface area contributed by atoms with Gasteiger partial charge >= 0.3 is 0 Å². The number of nitrogens with one attached hydrogen (secondary N) is 1. The number of H-pyrrole nitrogens is 1. The molecule has 3 aromatic rings. The molecule has 3 heterocycles. The number of aromatic nitrogens is 4. The first-order valence-corrected chi connectivity index (χ1v) is 14.8. The first-order chi connectivity index (χ1) is 18.2. The lowest BCUT2D eigenvalue weighted by Gasteiger charge is -2.34. The average Bonchev–Trinajstić information content (AvgIpc) is 3.23. The summed E-state index contributed by atoms with van der Waals surface area (Å²) >= 11 is 0. The fourth-order valence-electron chi connectivity index (χ4n) is 4.83. The second-order valence-corrected chi connectivity index (χ2v) is 11.7. The van der Waals surface area contributed by atoms with Crippen molar-refractivity contribution in [3.63, 3.8) is 0 Å². The van der Waals surface area contributed by atoms with Crippen molar-refractivity contribution in [1.82, 2.24) is 33.9 Å². The summed E-state index contributed by atoms with van der Waals surface area (Å²) in [6.45, 7) is 12.4. The van der Waals surface area contributed by atoms with Crippen LogP contribution in [0.1, 0.15) is 32.9 Å². The molecule has 208 valence electrons. The van der Waals surface area contributed by atoms with E-state index in [-0.39, 0.29) is 16.3 Å². The van der Waals surface area contributed by atoms with Crippen LogP contribution in [0.2, 0.25) is 0 Å². The Kier molecular flexibility index (Phi) is 8.86. The maximum atomic E-state index is 13.5. The maximum absolute atomic E-state index is 13.5.